The van der Waals surface area contributed by atoms with Crippen molar-refractivity contribution in [2.45, 2.75) is 70.4 Å². The Balaban J connectivity index is 1.41. The van der Waals surface area contributed by atoms with Crippen molar-refractivity contribution in [1.82, 2.24) is 21.0 Å². The first kappa shape index (κ1) is 37.2. The SMILES string of the molecule is COC(=O)N[C@H](C(=O)N[NH+](CC[C@@](O)(Cc1ccccc1)C(=O)N[C@H]1c2ccccc2C[C@H]1O)Cc1ccc(-c2ccccn2)cc1)C(C)(C)C. The van der Waals surface area contributed by atoms with Gasteiger partial charge in [0, 0.05) is 36.6 Å². The van der Waals surface area contributed by atoms with Gasteiger partial charge in [-0.3, -0.25) is 14.6 Å². The predicted molar refractivity (Wildman–Crippen MR) is 193 cm³/mol. The number of pyridine rings is 1. The van der Waals surface area contributed by atoms with Crippen molar-refractivity contribution in [2.75, 3.05) is 13.7 Å². The molecule has 5 atom stereocenters. The average Bonchev–Trinajstić information content (AvgIpc) is 3.44. The van der Waals surface area contributed by atoms with Crippen LogP contribution in [0.4, 0.5) is 4.79 Å². The highest BCUT2D eigenvalue weighted by atomic mass is 16.5. The Bertz CT molecular complexity index is 1780. The first-order valence-corrected chi connectivity index (χ1v) is 17.2. The van der Waals surface area contributed by atoms with Crippen LogP contribution in [0, 0.1) is 5.41 Å². The minimum atomic E-state index is -1.90. The van der Waals surface area contributed by atoms with Gasteiger partial charge in [0.05, 0.1) is 24.9 Å². The summed E-state index contributed by atoms with van der Waals surface area (Å²) in [5.74, 6) is -1.06. The topological polar surface area (TPSA) is 154 Å². The molecule has 5 rings (SSSR count). The maximum absolute atomic E-state index is 14.1. The lowest BCUT2D eigenvalue weighted by molar-refractivity contribution is -0.950. The summed E-state index contributed by atoms with van der Waals surface area (Å²) in [6.07, 6.45) is 0.539. The molecule has 11 heteroatoms. The number of amides is 3. The quantitative estimate of drug-likeness (QED) is 0.118. The third kappa shape index (κ3) is 9.57. The molecule has 3 aromatic carbocycles. The number of aliphatic hydroxyl groups excluding tert-OH is 1. The van der Waals surface area contributed by atoms with Gasteiger partial charge in [0.1, 0.15) is 19.1 Å². The molecule has 1 heterocycles. The number of nitrogens with one attached hydrogen (secondary N) is 4. The zero-order chi connectivity index (χ0) is 36.6. The molecule has 0 bridgehead atoms. The third-order valence-electron chi connectivity index (χ3n) is 9.30. The Morgan fingerprint density at radius 3 is 2.27 bits per heavy atom. The minimum Gasteiger partial charge on any atom is -0.453 e. The van der Waals surface area contributed by atoms with Gasteiger partial charge in [0.25, 0.3) is 11.8 Å². The van der Waals surface area contributed by atoms with Gasteiger partial charge < -0.3 is 25.6 Å². The largest absolute Gasteiger partial charge is 0.453 e. The number of ether oxygens (including phenoxy) is 1. The fourth-order valence-corrected chi connectivity index (χ4v) is 6.46. The summed E-state index contributed by atoms with van der Waals surface area (Å²) in [4.78, 5) is 44.6. The molecule has 3 amide bonds. The number of benzene rings is 3. The van der Waals surface area contributed by atoms with Crippen molar-refractivity contribution in [3.05, 3.63) is 126 Å². The fraction of sp³-hybridized carbons (Fsp3) is 0.350. The molecule has 4 aromatic rings. The molecule has 0 aliphatic heterocycles. The predicted octanol–water partition coefficient (Wildman–Crippen LogP) is 3.07. The van der Waals surface area contributed by atoms with Crippen molar-refractivity contribution < 1.29 is 34.3 Å². The highest BCUT2D eigenvalue weighted by Crippen LogP contribution is 2.32. The molecule has 0 saturated carbocycles. The van der Waals surface area contributed by atoms with E-state index in [0.29, 0.717) is 18.0 Å². The summed E-state index contributed by atoms with van der Waals surface area (Å²) in [5.41, 5.74) is 5.64. The van der Waals surface area contributed by atoms with E-state index in [0.717, 1.165) is 33.5 Å². The van der Waals surface area contributed by atoms with Crippen molar-refractivity contribution in [1.29, 1.82) is 0 Å². The van der Waals surface area contributed by atoms with E-state index in [1.165, 1.54) is 7.11 Å². The van der Waals surface area contributed by atoms with E-state index < -0.39 is 47.1 Å². The molecule has 268 valence electrons. The number of nitrogens with zero attached hydrogens (tertiary/aromatic N) is 1. The smallest absolute Gasteiger partial charge is 0.407 e. The number of hydrogen-bond donors (Lipinski definition) is 6. The number of aromatic nitrogens is 1. The lowest BCUT2D eigenvalue weighted by Gasteiger charge is -2.33. The second-order valence-corrected chi connectivity index (χ2v) is 14.2. The van der Waals surface area contributed by atoms with Gasteiger partial charge in [-0.2, -0.15) is 0 Å². The van der Waals surface area contributed by atoms with Gasteiger partial charge >= 0.3 is 6.09 Å². The van der Waals surface area contributed by atoms with Crippen LogP contribution < -0.4 is 21.1 Å². The monoisotopic (exact) mass is 694 g/mol. The molecule has 0 fully saturated rings. The summed E-state index contributed by atoms with van der Waals surface area (Å²) >= 11 is 0. The van der Waals surface area contributed by atoms with E-state index in [-0.39, 0.29) is 19.4 Å². The number of carbonyl (C=O) groups excluding carboxylic acids is 3. The molecule has 0 spiro atoms. The van der Waals surface area contributed by atoms with E-state index in [4.69, 9.17) is 4.74 Å². The molecular weight excluding hydrogens is 646 g/mol. The number of rotatable bonds is 13. The molecular formula is C40H48N5O6+. The lowest BCUT2D eigenvalue weighted by atomic mass is 9.86. The van der Waals surface area contributed by atoms with Crippen molar-refractivity contribution in [3.63, 3.8) is 0 Å². The second-order valence-electron chi connectivity index (χ2n) is 14.2. The molecule has 51 heavy (non-hydrogen) atoms. The summed E-state index contributed by atoms with van der Waals surface area (Å²) in [5, 5.41) is 29.3. The molecule has 6 N–H and O–H groups in total. The van der Waals surface area contributed by atoms with E-state index in [1.54, 1.807) is 6.20 Å². The lowest BCUT2D eigenvalue weighted by Crippen LogP contribution is -3.18. The Kier molecular flexibility index (Phi) is 11.9. The molecule has 11 nitrogen and oxygen atoms in total. The minimum absolute atomic E-state index is 0.0125. The molecule has 0 radical (unpaired) electrons. The summed E-state index contributed by atoms with van der Waals surface area (Å²) in [6.45, 7) is 5.95. The van der Waals surface area contributed by atoms with Crippen LogP contribution in [0.25, 0.3) is 11.3 Å². The number of methoxy groups -OCH3 is 1. The third-order valence-corrected chi connectivity index (χ3v) is 9.30. The molecule has 1 unspecified atom stereocenters. The maximum atomic E-state index is 14.1. The van der Waals surface area contributed by atoms with E-state index >= 15 is 0 Å². The normalized spacial score (nSPS) is 17.7. The van der Waals surface area contributed by atoms with Crippen LogP contribution in [0.1, 0.15) is 55.5 Å². The summed E-state index contributed by atoms with van der Waals surface area (Å²) in [6, 6.07) is 28.7. The Morgan fingerprint density at radius 1 is 0.922 bits per heavy atom. The van der Waals surface area contributed by atoms with E-state index in [9.17, 15) is 24.6 Å². The van der Waals surface area contributed by atoms with Crippen LogP contribution >= 0.6 is 0 Å². The number of alkyl carbamates (subject to hydrolysis) is 1. The number of carbonyl (C=O) groups is 3. The van der Waals surface area contributed by atoms with Crippen LogP contribution in [0.3, 0.4) is 0 Å². The first-order chi connectivity index (χ1) is 24.4. The maximum Gasteiger partial charge on any atom is 0.407 e. The van der Waals surface area contributed by atoms with Crippen LogP contribution in [-0.4, -0.2) is 64.5 Å². The summed E-state index contributed by atoms with van der Waals surface area (Å²) in [7, 11) is 1.24. The van der Waals surface area contributed by atoms with Gasteiger partial charge in [0.2, 0.25) is 0 Å². The van der Waals surface area contributed by atoms with Crippen LogP contribution in [0.5, 0.6) is 0 Å². The number of fused-ring (bicyclic) bond motifs is 1. The standard InChI is InChI=1S/C40H47N5O6/c1-39(2,3)35(43-38(49)51-4)36(47)44-45(26-28-17-19-29(20-18-28)32-16-10-11-22-41-32)23-21-40(50,25-27-12-6-5-7-13-27)37(48)42-34-31-15-9-8-14-30(31)24-33(34)46/h5-20,22,33-35,46,50H,21,23-26H2,1-4H3,(H,42,48)(H,43,49)(H,44,47)/p+1/t33-,34+,35-,40-/m1/s1. The highest BCUT2D eigenvalue weighted by Gasteiger charge is 2.42. The fourth-order valence-electron chi connectivity index (χ4n) is 6.46. The Hall–Kier alpha value is -5.10. The number of aliphatic hydroxyl groups is 2. The van der Waals surface area contributed by atoms with Gasteiger partial charge in [-0.25, -0.2) is 15.2 Å². The van der Waals surface area contributed by atoms with Gasteiger partial charge in [-0.15, -0.1) is 0 Å². The van der Waals surface area contributed by atoms with Crippen molar-refractivity contribution in [2.24, 2.45) is 5.41 Å². The first-order valence-electron chi connectivity index (χ1n) is 17.2. The summed E-state index contributed by atoms with van der Waals surface area (Å²) < 4.78 is 4.80. The van der Waals surface area contributed by atoms with Gasteiger partial charge in [-0.1, -0.05) is 106 Å². The average molecular weight is 695 g/mol. The van der Waals surface area contributed by atoms with Gasteiger partial charge in [0.15, 0.2) is 5.60 Å². The molecule has 1 aliphatic rings. The second kappa shape index (κ2) is 16.3. The molecule has 1 aromatic heterocycles. The Morgan fingerprint density at radius 2 is 1.61 bits per heavy atom. The number of hydrogen-bond acceptors (Lipinski definition) is 7. The highest BCUT2D eigenvalue weighted by molar-refractivity contribution is 5.86. The zero-order valence-electron chi connectivity index (χ0n) is 29.6. The van der Waals surface area contributed by atoms with Crippen LogP contribution in [0.15, 0.2) is 103 Å². The Labute approximate surface area is 299 Å². The van der Waals surface area contributed by atoms with E-state index in [2.05, 4.69) is 21.0 Å². The van der Waals surface area contributed by atoms with Crippen molar-refractivity contribution >= 4 is 17.9 Å². The molecule has 1 aliphatic carbocycles. The molecule has 0 saturated heterocycles. The van der Waals surface area contributed by atoms with Crippen LogP contribution in [0.2, 0.25) is 0 Å². The van der Waals surface area contributed by atoms with E-state index in [1.807, 2.05) is 118 Å². The zero-order valence-corrected chi connectivity index (χ0v) is 29.6. The van der Waals surface area contributed by atoms with Crippen LogP contribution in [-0.2, 0) is 33.7 Å². The van der Waals surface area contributed by atoms with Gasteiger partial charge in [-0.05, 0) is 34.2 Å². The van der Waals surface area contributed by atoms with Crippen molar-refractivity contribution in [3.8, 4) is 11.3 Å². The number of quaternary nitrogens is 1.